The molecule has 0 bridgehead atoms. The van der Waals surface area contributed by atoms with Gasteiger partial charge in [0.2, 0.25) is 0 Å². The SMILES string of the molecule is COC(C)C(N)Cc1nccs1. The van der Waals surface area contributed by atoms with Gasteiger partial charge in [-0.05, 0) is 6.92 Å². The third kappa shape index (κ3) is 2.55. The van der Waals surface area contributed by atoms with Crippen LogP contribution in [0, 0.1) is 0 Å². The van der Waals surface area contributed by atoms with Crippen molar-refractivity contribution in [3.05, 3.63) is 16.6 Å². The first-order valence-electron chi connectivity index (χ1n) is 3.90. The summed E-state index contributed by atoms with van der Waals surface area (Å²) in [5, 5.41) is 3.03. The Morgan fingerprint density at radius 1 is 1.75 bits per heavy atom. The van der Waals surface area contributed by atoms with E-state index < -0.39 is 0 Å². The van der Waals surface area contributed by atoms with Gasteiger partial charge >= 0.3 is 0 Å². The van der Waals surface area contributed by atoms with Crippen LogP contribution in [0.1, 0.15) is 11.9 Å². The average Bonchev–Trinajstić information content (AvgIpc) is 2.55. The van der Waals surface area contributed by atoms with Crippen molar-refractivity contribution in [1.29, 1.82) is 0 Å². The first-order valence-corrected chi connectivity index (χ1v) is 4.78. The van der Waals surface area contributed by atoms with Crippen LogP contribution in [0.3, 0.4) is 0 Å². The second kappa shape index (κ2) is 4.54. The van der Waals surface area contributed by atoms with Crippen molar-refractivity contribution in [3.8, 4) is 0 Å². The third-order valence-electron chi connectivity index (χ3n) is 1.87. The lowest BCUT2D eigenvalue weighted by molar-refractivity contribution is 0.0956. The number of ether oxygens (including phenoxy) is 1. The molecule has 0 spiro atoms. The molecule has 0 radical (unpaired) electrons. The number of aromatic nitrogens is 1. The van der Waals surface area contributed by atoms with Gasteiger partial charge in [0.1, 0.15) is 0 Å². The highest BCUT2D eigenvalue weighted by atomic mass is 32.1. The molecule has 1 aromatic rings. The Morgan fingerprint density at radius 2 is 2.50 bits per heavy atom. The van der Waals surface area contributed by atoms with Crippen LogP contribution in [0.5, 0.6) is 0 Å². The molecular formula is C8H14N2OS. The largest absolute Gasteiger partial charge is 0.380 e. The summed E-state index contributed by atoms with van der Waals surface area (Å²) < 4.78 is 5.11. The molecule has 3 nitrogen and oxygen atoms in total. The van der Waals surface area contributed by atoms with E-state index in [1.54, 1.807) is 24.6 Å². The van der Waals surface area contributed by atoms with Gasteiger partial charge in [-0.2, -0.15) is 0 Å². The predicted molar refractivity (Wildman–Crippen MR) is 50.3 cm³/mol. The summed E-state index contributed by atoms with van der Waals surface area (Å²) in [4.78, 5) is 4.16. The highest BCUT2D eigenvalue weighted by Gasteiger charge is 2.13. The van der Waals surface area contributed by atoms with E-state index in [1.165, 1.54) is 0 Å². The van der Waals surface area contributed by atoms with Crippen LogP contribution >= 0.6 is 11.3 Å². The monoisotopic (exact) mass is 186 g/mol. The van der Waals surface area contributed by atoms with E-state index >= 15 is 0 Å². The fourth-order valence-electron chi connectivity index (χ4n) is 0.896. The van der Waals surface area contributed by atoms with E-state index in [9.17, 15) is 0 Å². The highest BCUT2D eigenvalue weighted by Crippen LogP contribution is 2.08. The molecule has 0 saturated carbocycles. The zero-order valence-corrected chi connectivity index (χ0v) is 8.17. The molecule has 2 N–H and O–H groups in total. The maximum atomic E-state index is 5.86. The molecule has 1 aromatic heterocycles. The lowest BCUT2D eigenvalue weighted by atomic mass is 10.1. The van der Waals surface area contributed by atoms with Crippen molar-refractivity contribution in [1.82, 2.24) is 4.98 Å². The molecule has 0 aliphatic rings. The fraction of sp³-hybridized carbons (Fsp3) is 0.625. The first kappa shape index (κ1) is 9.64. The van der Waals surface area contributed by atoms with Crippen molar-refractivity contribution in [2.24, 2.45) is 5.73 Å². The molecule has 12 heavy (non-hydrogen) atoms. The Morgan fingerprint density at radius 3 is 3.00 bits per heavy atom. The summed E-state index contributed by atoms with van der Waals surface area (Å²) in [5.74, 6) is 0. The maximum absolute atomic E-state index is 5.86. The quantitative estimate of drug-likeness (QED) is 0.764. The molecule has 4 heteroatoms. The van der Waals surface area contributed by atoms with Gasteiger partial charge in [0.15, 0.2) is 0 Å². The second-order valence-corrected chi connectivity index (χ2v) is 3.71. The zero-order chi connectivity index (χ0) is 8.97. The van der Waals surface area contributed by atoms with Crippen LogP contribution < -0.4 is 5.73 Å². The number of nitrogens with zero attached hydrogens (tertiary/aromatic N) is 1. The van der Waals surface area contributed by atoms with Crippen molar-refractivity contribution < 1.29 is 4.74 Å². The topological polar surface area (TPSA) is 48.1 Å². The van der Waals surface area contributed by atoms with E-state index in [2.05, 4.69) is 4.98 Å². The standard InChI is InChI=1S/C8H14N2OS/c1-6(11-2)7(9)5-8-10-3-4-12-8/h3-4,6-7H,5,9H2,1-2H3. The van der Waals surface area contributed by atoms with Crippen LogP contribution in [0.4, 0.5) is 0 Å². The lowest BCUT2D eigenvalue weighted by Gasteiger charge is -2.16. The van der Waals surface area contributed by atoms with Gasteiger partial charge in [-0.15, -0.1) is 11.3 Å². The summed E-state index contributed by atoms with van der Waals surface area (Å²) in [6.45, 7) is 1.97. The highest BCUT2D eigenvalue weighted by molar-refractivity contribution is 7.09. The van der Waals surface area contributed by atoms with Crippen LogP contribution in [-0.4, -0.2) is 24.2 Å². The molecule has 2 atom stereocenters. The smallest absolute Gasteiger partial charge is 0.0941 e. The summed E-state index contributed by atoms with van der Waals surface area (Å²) >= 11 is 1.63. The van der Waals surface area contributed by atoms with Crippen LogP contribution in [0.2, 0.25) is 0 Å². The molecule has 0 aliphatic heterocycles. The summed E-state index contributed by atoms with van der Waals surface area (Å²) in [5.41, 5.74) is 5.86. The molecule has 0 saturated heterocycles. The number of nitrogens with two attached hydrogens (primary N) is 1. The van der Waals surface area contributed by atoms with Crippen molar-refractivity contribution >= 4 is 11.3 Å². The number of hydrogen-bond acceptors (Lipinski definition) is 4. The average molecular weight is 186 g/mol. The Kier molecular flexibility index (Phi) is 3.65. The van der Waals surface area contributed by atoms with Crippen LogP contribution in [-0.2, 0) is 11.2 Å². The normalized spacial score (nSPS) is 15.9. The van der Waals surface area contributed by atoms with Crippen molar-refractivity contribution in [2.75, 3.05) is 7.11 Å². The molecule has 68 valence electrons. The second-order valence-electron chi connectivity index (χ2n) is 2.73. The van der Waals surface area contributed by atoms with E-state index in [1.807, 2.05) is 12.3 Å². The third-order valence-corrected chi connectivity index (χ3v) is 2.67. The Hall–Kier alpha value is -0.450. The number of methoxy groups -OCH3 is 1. The van der Waals surface area contributed by atoms with Gasteiger partial charge in [-0.1, -0.05) is 0 Å². The fourth-order valence-corrected chi connectivity index (χ4v) is 1.59. The summed E-state index contributed by atoms with van der Waals surface area (Å²) in [6.07, 6.45) is 2.69. The molecule has 0 aromatic carbocycles. The minimum absolute atomic E-state index is 0.0427. The van der Waals surface area contributed by atoms with Gasteiger partial charge in [0.25, 0.3) is 0 Å². The molecule has 2 unspecified atom stereocenters. The zero-order valence-electron chi connectivity index (χ0n) is 7.36. The minimum Gasteiger partial charge on any atom is -0.380 e. The molecule has 1 heterocycles. The minimum atomic E-state index is 0.0427. The van der Waals surface area contributed by atoms with Gasteiger partial charge in [0.05, 0.1) is 11.1 Å². The van der Waals surface area contributed by atoms with E-state index in [-0.39, 0.29) is 12.1 Å². The molecule has 0 amide bonds. The molecule has 0 aliphatic carbocycles. The first-order chi connectivity index (χ1) is 5.74. The van der Waals surface area contributed by atoms with Crippen molar-refractivity contribution in [3.63, 3.8) is 0 Å². The predicted octanol–water partition coefficient (Wildman–Crippen LogP) is 1.05. The summed E-state index contributed by atoms with van der Waals surface area (Å²) in [6, 6.07) is 0.0427. The van der Waals surface area contributed by atoms with E-state index in [4.69, 9.17) is 10.5 Å². The summed E-state index contributed by atoms with van der Waals surface area (Å²) in [7, 11) is 1.67. The van der Waals surface area contributed by atoms with Gasteiger partial charge in [0, 0.05) is 31.1 Å². The van der Waals surface area contributed by atoms with E-state index in [0.717, 1.165) is 11.4 Å². The molecule has 0 fully saturated rings. The van der Waals surface area contributed by atoms with Crippen LogP contribution in [0.15, 0.2) is 11.6 Å². The lowest BCUT2D eigenvalue weighted by Crippen LogP contribution is -2.35. The van der Waals surface area contributed by atoms with Gasteiger partial charge in [-0.3, -0.25) is 0 Å². The maximum Gasteiger partial charge on any atom is 0.0941 e. The Labute approximate surface area is 76.6 Å². The molecular weight excluding hydrogens is 172 g/mol. The number of thiazole rings is 1. The van der Waals surface area contributed by atoms with E-state index in [0.29, 0.717) is 0 Å². The number of rotatable bonds is 4. The van der Waals surface area contributed by atoms with Crippen molar-refractivity contribution in [2.45, 2.75) is 25.5 Å². The van der Waals surface area contributed by atoms with Crippen LogP contribution in [0.25, 0.3) is 0 Å². The Balaban J connectivity index is 2.41. The molecule has 1 rings (SSSR count). The van der Waals surface area contributed by atoms with Gasteiger partial charge in [-0.25, -0.2) is 4.98 Å². The van der Waals surface area contributed by atoms with Gasteiger partial charge < -0.3 is 10.5 Å². The Bertz CT molecular complexity index is 213. The number of hydrogen-bond donors (Lipinski definition) is 1.